The molecule has 0 aliphatic carbocycles. The zero-order chi connectivity index (χ0) is 18.0. The number of nitrogens with two attached hydrogens (primary N) is 1. The fourth-order valence-corrected chi connectivity index (χ4v) is 2.31. The maximum atomic E-state index is 6.14. The number of nitrogen functional groups attached to an aromatic ring is 1. The van der Waals surface area contributed by atoms with Crippen molar-refractivity contribution in [3.63, 3.8) is 0 Å². The maximum absolute atomic E-state index is 6.14. The van der Waals surface area contributed by atoms with Crippen LogP contribution in [0.4, 0.5) is 5.69 Å². The van der Waals surface area contributed by atoms with E-state index >= 15 is 0 Å². The fourth-order valence-electron chi connectivity index (χ4n) is 2.31. The first kappa shape index (κ1) is 16.8. The standard InChI is InChI=1S/C20H21N3O2/c1-12-5-7-16(9-14(12)3)24-19-18(21)20(23-11-22-19)25-17-8-6-13(2)15(4)10-17/h5-11H,21H2,1-4H3. The van der Waals surface area contributed by atoms with E-state index in [2.05, 4.69) is 9.97 Å². The summed E-state index contributed by atoms with van der Waals surface area (Å²) in [5.74, 6) is 1.89. The lowest BCUT2D eigenvalue weighted by Gasteiger charge is -2.12. The molecule has 1 heterocycles. The van der Waals surface area contributed by atoms with Gasteiger partial charge in [0.2, 0.25) is 11.8 Å². The first-order valence-corrected chi connectivity index (χ1v) is 8.04. The van der Waals surface area contributed by atoms with Crippen LogP contribution in [0, 0.1) is 27.7 Å². The van der Waals surface area contributed by atoms with Gasteiger partial charge in [-0.15, -0.1) is 0 Å². The van der Waals surface area contributed by atoms with Crippen molar-refractivity contribution in [3.05, 3.63) is 65.0 Å². The third-order valence-electron chi connectivity index (χ3n) is 4.20. The summed E-state index contributed by atoms with van der Waals surface area (Å²) in [5, 5.41) is 0. The van der Waals surface area contributed by atoms with Crippen LogP contribution in [0.5, 0.6) is 23.3 Å². The summed E-state index contributed by atoms with van der Waals surface area (Å²) in [6, 6.07) is 11.6. The molecule has 0 radical (unpaired) electrons. The van der Waals surface area contributed by atoms with Crippen molar-refractivity contribution in [2.45, 2.75) is 27.7 Å². The molecule has 5 nitrogen and oxygen atoms in total. The first-order valence-electron chi connectivity index (χ1n) is 8.04. The second-order valence-corrected chi connectivity index (χ2v) is 6.09. The molecular weight excluding hydrogens is 314 g/mol. The van der Waals surface area contributed by atoms with E-state index in [0.29, 0.717) is 11.5 Å². The van der Waals surface area contributed by atoms with E-state index < -0.39 is 0 Å². The number of anilines is 1. The summed E-state index contributed by atoms with van der Waals surface area (Å²) < 4.78 is 11.6. The molecule has 0 aliphatic rings. The van der Waals surface area contributed by atoms with E-state index in [-0.39, 0.29) is 17.4 Å². The Morgan fingerprint density at radius 3 is 1.52 bits per heavy atom. The van der Waals surface area contributed by atoms with E-state index in [9.17, 15) is 0 Å². The van der Waals surface area contributed by atoms with Gasteiger partial charge in [0.05, 0.1) is 0 Å². The van der Waals surface area contributed by atoms with Crippen LogP contribution in [-0.2, 0) is 0 Å². The molecule has 3 aromatic rings. The normalized spacial score (nSPS) is 10.6. The largest absolute Gasteiger partial charge is 0.437 e. The summed E-state index contributed by atoms with van der Waals surface area (Å²) >= 11 is 0. The Morgan fingerprint density at radius 2 is 1.12 bits per heavy atom. The first-order chi connectivity index (χ1) is 11.9. The molecule has 0 fully saturated rings. The van der Waals surface area contributed by atoms with Crippen LogP contribution >= 0.6 is 0 Å². The lowest BCUT2D eigenvalue weighted by molar-refractivity contribution is 0.438. The minimum atomic E-state index is 0.263. The molecule has 0 spiro atoms. The molecule has 25 heavy (non-hydrogen) atoms. The van der Waals surface area contributed by atoms with Crippen molar-refractivity contribution in [2.75, 3.05) is 5.73 Å². The van der Waals surface area contributed by atoms with Crippen LogP contribution < -0.4 is 15.2 Å². The van der Waals surface area contributed by atoms with Gasteiger partial charge in [0, 0.05) is 0 Å². The fraction of sp³-hybridized carbons (Fsp3) is 0.200. The summed E-state index contributed by atoms with van der Waals surface area (Å²) in [6.07, 6.45) is 1.38. The Kier molecular flexibility index (Phi) is 4.57. The minimum absolute atomic E-state index is 0.263. The Labute approximate surface area is 147 Å². The SMILES string of the molecule is Cc1ccc(Oc2ncnc(Oc3ccc(C)c(C)c3)c2N)cc1C. The van der Waals surface area contributed by atoms with E-state index in [1.165, 1.54) is 17.5 Å². The highest BCUT2D eigenvalue weighted by atomic mass is 16.5. The smallest absolute Gasteiger partial charge is 0.249 e. The van der Waals surface area contributed by atoms with Gasteiger partial charge in [-0.05, 0) is 74.2 Å². The molecule has 1 aromatic heterocycles. The number of aryl methyl sites for hydroxylation is 4. The van der Waals surface area contributed by atoms with Gasteiger partial charge in [-0.2, -0.15) is 9.97 Å². The van der Waals surface area contributed by atoms with Gasteiger partial charge in [-0.3, -0.25) is 0 Å². The number of hydrogen-bond acceptors (Lipinski definition) is 5. The molecular formula is C20H21N3O2. The van der Waals surface area contributed by atoms with Gasteiger partial charge in [0.1, 0.15) is 17.8 Å². The quantitative estimate of drug-likeness (QED) is 0.736. The molecule has 2 N–H and O–H groups in total. The lowest BCUT2D eigenvalue weighted by Crippen LogP contribution is -2.01. The van der Waals surface area contributed by atoms with Crippen LogP contribution in [0.2, 0.25) is 0 Å². The van der Waals surface area contributed by atoms with Crippen LogP contribution in [0.1, 0.15) is 22.3 Å². The monoisotopic (exact) mass is 335 g/mol. The van der Waals surface area contributed by atoms with Gasteiger partial charge in [0.25, 0.3) is 0 Å². The average molecular weight is 335 g/mol. The molecule has 0 aliphatic heterocycles. The highest BCUT2D eigenvalue weighted by Crippen LogP contribution is 2.34. The van der Waals surface area contributed by atoms with Crippen LogP contribution in [0.15, 0.2) is 42.7 Å². The molecule has 5 heteroatoms. The molecule has 0 bridgehead atoms. The van der Waals surface area contributed by atoms with E-state index in [4.69, 9.17) is 15.2 Å². The van der Waals surface area contributed by atoms with Crippen molar-refractivity contribution in [1.29, 1.82) is 0 Å². The molecule has 0 amide bonds. The summed E-state index contributed by atoms with van der Waals surface area (Å²) in [7, 11) is 0. The van der Waals surface area contributed by atoms with Crippen molar-refractivity contribution >= 4 is 5.69 Å². The van der Waals surface area contributed by atoms with Crippen LogP contribution in [0.3, 0.4) is 0 Å². The Balaban J connectivity index is 1.86. The van der Waals surface area contributed by atoms with Crippen LogP contribution in [0.25, 0.3) is 0 Å². The summed E-state index contributed by atoms with van der Waals surface area (Å²) in [6.45, 7) is 8.15. The highest BCUT2D eigenvalue weighted by Gasteiger charge is 2.13. The van der Waals surface area contributed by atoms with Gasteiger partial charge in [-0.25, -0.2) is 0 Å². The third-order valence-corrected chi connectivity index (χ3v) is 4.20. The predicted octanol–water partition coefficient (Wildman–Crippen LogP) is 4.88. The zero-order valence-electron chi connectivity index (χ0n) is 14.8. The lowest BCUT2D eigenvalue weighted by atomic mass is 10.1. The number of aromatic nitrogens is 2. The predicted molar refractivity (Wildman–Crippen MR) is 98.4 cm³/mol. The topological polar surface area (TPSA) is 70.3 Å². The van der Waals surface area contributed by atoms with Crippen molar-refractivity contribution in [2.24, 2.45) is 0 Å². The van der Waals surface area contributed by atoms with E-state index in [1.54, 1.807) is 0 Å². The molecule has 0 saturated heterocycles. The minimum Gasteiger partial charge on any atom is -0.437 e. The van der Waals surface area contributed by atoms with Crippen LogP contribution in [-0.4, -0.2) is 9.97 Å². The van der Waals surface area contributed by atoms with E-state index in [0.717, 1.165) is 11.1 Å². The average Bonchev–Trinajstić information content (AvgIpc) is 2.58. The molecule has 0 unspecified atom stereocenters. The Morgan fingerprint density at radius 1 is 0.680 bits per heavy atom. The molecule has 0 saturated carbocycles. The van der Waals surface area contributed by atoms with Gasteiger partial charge >= 0.3 is 0 Å². The summed E-state index contributed by atoms with van der Waals surface area (Å²) in [5.41, 5.74) is 11.1. The molecule has 3 rings (SSSR count). The Hall–Kier alpha value is -3.08. The van der Waals surface area contributed by atoms with Crippen molar-refractivity contribution in [1.82, 2.24) is 9.97 Å². The third kappa shape index (κ3) is 3.71. The summed E-state index contributed by atoms with van der Waals surface area (Å²) in [4.78, 5) is 8.24. The van der Waals surface area contributed by atoms with E-state index in [1.807, 2.05) is 64.1 Å². The number of rotatable bonds is 4. The van der Waals surface area contributed by atoms with Gasteiger partial charge < -0.3 is 15.2 Å². The van der Waals surface area contributed by atoms with Gasteiger partial charge in [-0.1, -0.05) is 12.1 Å². The maximum Gasteiger partial charge on any atom is 0.249 e. The number of nitrogens with zero attached hydrogens (tertiary/aromatic N) is 2. The molecule has 0 atom stereocenters. The van der Waals surface area contributed by atoms with Crippen molar-refractivity contribution in [3.8, 4) is 23.3 Å². The number of ether oxygens (including phenoxy) is 2. The molecule has 128 valence electrons. The molecule has 2 aromatic carbocycles. The number of hydrogen-bond donors (Lipinski definition) is 1. The number of benzene rings is 2. The highest BCUT2D eigenvalue weighted by molar-refractivity contribution is 5.58. The van der Waals surface area contributed by atoms with Gasteiger partial charge in [0.15, 0.2) is 5.69 Å². The Bertz CT molecular complexity index is 851. The second-order valence-electron chi connectivity index (χ2n) is 6.09. The second kappa shape index (κ2) is 6.81. The van der Waals surface area contributed by atoms with Crippen molar-refractivity contribution < 1.29 is 9.47 Å². The zero-order valence-corrected chi connectivity index (χ0v) is 14.8.